The summed E-state index contributed by atoms with van der Waals surface area (Å²) in [6.07, 6.45) is 9.10. The zero-order chi connectivity index (χ0) is 11.5. The molecular weight excluding hydrogens is 196 g/mol. The van der Waals surface area contributed by atoms with E-state index in [1.165, 1.54) is 43.4 Å². The minimum absolute atomic E-state index is 0.589. The summed E-state index contributed by atoms with van der Waals surface area (Å²) in [6, 6.07) is 0. The van der Waals surface area contributed by atoms with Gasteiger partial charge in [0.15, 0.2) is 0 Å². The number of hydrogen-bond acceptors (Lipinski definition) is 1. The Bertz CT molecular complexity index is 333. The van der Waals surface area contributed by atoms with Crippen molar-refractivity contribution < 1.29 is 0 Å². The van der Waals surface area contributed by atoms with Crippen molar-refractivity contribution in [1.29, 1.82) is 0 Å². The molecule has 0 radical (unpaired) electrons. The minimum atomic E-state index is 0.589. The normalized spacial score (nSPS) is 18.2. The van der Waals surface area contributed by atoms with Crippen molar-refractivity contribution in [2.24, 2.45) is 5.92 Å². The molecule has 1 aromatic rings. The molecule has 1 aromatic heterocycles. The van der Waals surface area contributed by atoms with Gasteiger partial charge in [-0.05, 0) is 37.2 Å². The van der Waals surface area contributed by atoms with E-state index in [-0.39, 0.29) is 0 Å². The summed E-state index contributed by atoms with van der Waals surface area (Å²) >= 11 is 0. The molecule has 16 heavy (non-hydrogen) atoms. The van der Waals surface area contributed by atoms with Crippen molar-refractivity contribution in [2.75, 3.05) is 0 Å². The molecule has 1 aliphatic rings. The van der Waals surface area contributed by atoms with Gasteiger partial charge in [0.05, 0.1) is 6.20 Å². The lowest BCUT2D eigenvalue weighted by Gasteiger charge is -2.23. The average molecular weight is 220 g/mol. The van der Waals surface area contributed by atoms with Gasteiger partial charge < -0.3 is 0 Å². The van der Waals surface area contributed by atoms with Crippen LogP contribution in [-0.2, 0) is 6.54 Å². The third kappa shape index (κ3) is 2.47. The Labute approximate surface area is 99.0 Å². The van der Waals surface area contributed by atoms with Crippen LogP contribution < -0.4 is 0 Å². The smallest absolute Gasteiger partial charge is 0.0521 e. The highest BCUT2D eigenvalue weighted by Crippen LogP contribution is 2.27. The van der Waals surface area contributed by atoms with Gasteiger partial charge in [-0.2, -0.15) is 5.10 Å². The molecule has 2 rings (SSSR count). The first-order valence-corrected chi connectivity index (χ1v) is 6.70. The van der Waals surface area contributed by atoms with E-state index < -0.39 is 0 Å². The second-order valence-corrected chi connectivity index (χ2v) is 5.55. The highest BCUT2D eigenvalue weighted by Gasteiger charge is 2.17. The summed E-state index contributed by atoms with van der Waals surface area (Å²) in [6.45, 7) is 7.85. The van der Waals surface area contributed by atoms with Crippen LogP contribution in [0.3, 0.4) is 0 Å². The Hall–Kier alpha value is -0.790. The second-order valence-electron chi connectivity index (χ2n) is 5.55. The van der Waals surface area contributed by atoms with Gasteiger partial charge in [0, 0.05) is 12.2 Å². The fourth-order valence-corrected chi connectivity index (χ4v) is 3.00. The maximum absolute atomic E-state index is 4.55. The maximum Gasteiger partial charge on any atom is 0.0521 e. The predicted molar refractivity (Wildman–Crippen MR) is 67.6 cm³/mol. The Kier molecular flexibility index (Phi) is 3.67. The van der Waals surface area contributed by atoms with Gasteiger partial charge in [0.1, 0.15) is 0 Å². The molecule has 0 amide bonds. The average Bonchev–Trinajstić information content (AvgIpc) is 2.61. The predicted octanol–water partition coefficient (Wildman–Crippen LogP) is 3.90. The van der Waals surface area contributed by atoms with E-state index >= 15 is 0 Å². The number of nitrogens with zero attached hydrogens (tertiary/aromatic N) is 2. The summed E-state index contributed by atoms with van der Waals surface area (Å²) in [5, 5.41) is 4.55. The Morgan fingerprint density at radius 3 is 2.62 bits per heavy atom. The lowest BCUT2D eigenvalue weighted by atomic mass is 9.89. The monoisotopic (exact) mass is 220 g/mol. The second kappa shape index (κ2) is 5.03. The van der Waals surface area contributed by atoms with Crippen molar-refractivity contribution in [3.05, 3.63) is 17.5 Å². The number of rotatable bonds is 3. The lowest BCUT2D eigenvalue weighted by Crippen LogP contribution is -2.17. The van der Waals surface area contributed by atoms with Crippen molar-refractivity contribution >= 4 is 0 Å². The first-order valence-electron chi connectivity index (χ1n) is 6.70. The van der Waals surface area contributed by atoms with E-state index in [1.54, 1.807) is 0 Å². The molecule has 0 bridgehead atoms. The number of aryl methyl sites for hydroxylation is 1. The molecule has 0 atom stereocenters. The van der Waals surface area contributed by atoms with E-state index in [2.05, 4.69) is 30.6 Å². The van der Waals surface area contributed by atoms with Crippen LogP contribution in [0.4, 0.5) is 0 Å². The molecule has 1 fully saturated rings. The first kappa shape index (κ1) is 11.7. The van der Waals surface area contributed by atoms with Crippen molar-refractivity contribution in [1.82, 2.24) is 9.78 Å². The van der Waals surface area contributed by atoms with Gasteiger partial charge in [-0.15, -0.1) is 0 Å². The molecule has 0 aromatic carbocycles. The van der Waals surface area contributed by atoms with Crippen LogP contribution >= 0.6 is 0 Å². The van der Waals surface area contributed by atoms with Crippen LogP contribution in [0.25, 0.3) is 0 Å². The van der Waals surface area contributed by atoms with E-state index in [0.717, 1.165) is 12.5 Å². The SMILES string of the molecule is Cc1cnn(CC2CCCCC2)c1C(C)C. The molecule has 0 spiro atoms. The summed E-state index contributed by atoms with van der Waals surface area (Å²) in [4.78, 5) is 0. The lowest BCUT2D eigenvalue weighted by molar-refractivity contribution is 0.303. The van der Waals surface area contributed by atoms with Gasteiger partial charge in [0.25, 0.3) is 0 Å². The standard InChI is InChI=1S/C14H24N2/c1-11(2)14-12(3)9-15-16(14)10-13-7-5-4-6-8-13/h9,11,13H,4-8,10H2,1-3H3. The van der Waals surface area contributed by atoms with Gasteiger partial charge in [-0.1, -0.05) is 33.1 Å². The van der Waals surface area contributed by atoms with Crippen LogP contribution in [0, 0.1) is 12.8 Å². The molecule has 1 heterocycles. The zero-order valence-corrected chi connectivity index (χ0v) is 10.9. The summed E-state index contributed by atoms with van der Waals surface area (Å²) in [5.74, 6) is 1.46. The number of aromatic nitrogens is 2. The van der Waals surface area contributed by atoms with Crippen molar-refractivity contribution in [2.45, 2.75) is 65.3 Å². The molecule has 1 aliphatic carbocycles. The van der Waals surface area contributed by atoms with Crippen LogP contribution in [0.1, 0.15) is 63.1 Å². The van der Waals surface area contributed by atoms with Gasteiger partial charge in [-0.25, -0.2) is 0 Å². The minimum Gasteiger partial charge on any atom is -0.269 e. The highest BCUT2D eigenvalue weighted by molar-refractivity contribution is 5.18. The summed E-state index contributed by atoms with van der Waals surface area (Å²) in [5.41, 5.74) is 2.79. The largest absolute Gasteiger partial charge is 0.269 e. The Balaban J connectivity index is 2.08. The van der Waals surface area contributed by atoms with Gasteiger partial charge in [-0.3, -0.25) is 4.68 Å². The first-order chi connectivity index (χ1) is 7.68. The van der Waals surface area contributed by atoms with E-state index in [1.807, 2.05) is 6.20 Å². The molecule has 0 saturated heterocycles. The van der Waals surface area contributed by atoms with E-state index in [0.29, 0.717) is 5.92 Å². The molecule has 2 heteroatoms. The van der Waals surface area contributed by atoms with Crippen LogP contribution in [0.15, 0.2) is 6.20 Å². The molecule has 2 nitrogen and oxygen atoms in total. The molecule has 90 valence electrons. The maximum atomic E-state index is 4.55. The van der Waals surface area contributed by atoms with E-state index in [4.69, 9.17) is 0 Å². The molecule has 0 N–H and O–H groups in total. The fraction of sp³-hybridized carbons (Fsp3) is 0.786. The number of hydrogen-bond donors (Lipinski definition) is 0. The van der Waals surface area contributed by atoms with Crippen molar-refractivity contribution in [3.8, 4) is 0 Å². The summed E-state index contributed by atoms with van der Waals surface area (Å²) in [7, 11) is 0. The quantitative estimate of drug-likeness (QED) is 0.755. The van der Waals surface area contributed by atoms with Gasteiger partial charge >= 0.3 is 0 Å². The fourth-order valence-electron chi connectivity index (χ4n) is 3.00. The highest BCUT2D eigenvalue weighted by atomic mass is 15.3. The Morgan fingerprint density at radius 1 is 1.31 bits per heavy atom. The van der Waals surface area contributed by atoms with Crippen LogP contribution in [0.2, 0.25) is 0 Å². The molecule has 1 saturated carbocycles. The Morgan fingerprint density at radius 2 is 2.00 bits per heavy atom. The van der Waals surface area contributed by atoms with E-state index in [9.17, 15) is 0 Å². The molecule has 0 unspecified atom stereocenters. The zero-order valence-electron chi connectivity index (χ0n) is 10.9. The topological polar surface area (TPSA) is 17.8 Å². The third-order valence-corrected chi connectivity index (χ3v) is 3.78. The molecule has 0 aliphatic heterocycles. The third-order valence-electron chi connectivity index (χ3n) is 3.78. The van der Waals surface area contributed by atoms with Crippen molar-refractivity contribution in [3.63, 3.8) is 0 Å². The van der Waals surface area contributed by atoms with Crippen LogP contribution in [0.5, 0.6) is 0 Å². The van der Waals surface area contributed by atoms with Gasteiger partial charge in [0.2, 0.25) is 0 Å². The molecular formula is C14H24N2. The summed E-state index contributed by atoms with van der Waals surface area (Å²) < 4.78 is 2.26. The van der Waals surface area contributed by atoms with Crippen LogP contribution in [-0.4, -0.2) is 9.78 Å².